The molecule has 2 rings (SSSR count). The van der Waals surface area contributed by atoms with Crippen molar-refractivity contribution < 1.29 is 19.3 Å². The molecule has 0 saturated heterocycles. The zero-order valence-electron chi connectivity index (χ0n) is 18.1. The molecule has 0 radical (unpaired) electrons. The third kappa shape index (κ3) is 7.03. The highest BCUT2D eigenvalue weighted by molar-refractivity contribution is 6.30. The maximum Gasteiger partial charge on any atom is 0.248 e. The van der Waals surface area contributed by atoms with Gasteiger partial charge < -0.3 is 14.8 Å². The number of hydrogen-bond acceptors (Lipinski definition) is 5. The number of benzene rings is 2. The minimum Gasteiger partial charge on any atom is -0.493 e. The number of nitrogens with one attached hydrogen (secondary N) is 1. The molecule has 1 unspecified atom stereocenters. The molecular weight excluding hydrogens is 422 g/mol. The number of nitro groups is 1. The van der Waals surface area contributed by atoms with Gasteiger partial charge in [-0.2, -0.15) is 0 Å². The molecule has 31 heavy (non-hydrogen) atoms. The number of hydrogen-bond donors (Lipinski definition) is 1. The topological polar surface area (TPSA) is 93.9 Å². The highest BCUT2D eigenvalue weighted by Gasteiger charge is 2.33. The molecule has 1 atom stereocenters. The van der Waals surface area contributed by atoms with Crippen LogP contribution in [0.15, 0.2) is 42.5 Å². The van der Waals surface area contributed by atoms with Crippen molar-refractivity contribution in [2.45, 2.75) is 39.4 Å². The fourth-order valence-corrected chi connectivity index (χ4v) is 3.29. The van der Waals surface area contributed by atoms with Gasteiger partial charge in [0, 0.05) is 11.6 Å². The van der Waals surface area contributed by atoms with E-state index in [0.29, 0.717) is 28.5 Å². The van der Waals surface area contributed by atoms with Crippen LogP contribution in [0.4, 0.5) is 0 Å². The fourth-order valence-electron chi connectivity index (χ4n) is 3.17. The van der Waals surface area contributed by atoms with Gasteiger partial charge in [0.05, 0.1) is 14.2 Å². The summed E-state index contributed by atoms with van der Waals surface area (Å²) in [5.41, 5.74) is 1.49. The van der Waals surface area contributed by atoms with Crippen LogP contribution in [-0.4, -0.2) is 36.2 Å². The van der Waals surface area contributed by atoms with E-state index >= 15 is 0 Å². The highest BCUT2D eigenvalue weighted by atomic mass is 35.5. The normalized spacial score (nSPS) is 11.7. The molecule has 1 N–H and O–H groups in total. The summed E-state index contributed by atoms with van der Waals surface area (Å²) < 4.78 is 10.5. The molecule has 0 aromatic heterocycles. The summed E-state index contributed by atoms with van der Waals surface area (Å²) >= 11 is 5.90. The summed E-state index contributed by atoms with van der Waals surface area (Å²) in [6, 6.07) is 11.2. The van der Waals surface area contributed by atoms with Crippen molar-refractivity contribution in [3.8, 4) is 11.5 Å². The molecule has 0 aliphatic carbocycles. The summed E-state index contributed by atoms with van der Waals surface area (Å²) in [5, 5.41) is 15.6. The van der Waals surface area contributed by atoms with Crippen molar-refractivity contribution in [3.05, 3.63) is 68.7 Å². The molecule has 0 aliphatic rings. The van der Waals surface area contributed by atoms with Gasteiger partial charge in [0.25, 0.3) is 0 Å². The molecule has 2 aromatic carbocycles. The minimum absolute atomic E-state index is 0.00860. The van der Waals surface area contributed by atoms with Gasteiger partial charge in [0.1, 0.15) is 6.54 Å². The molecule has 0 bridgehead atoms. The first-order valence-electron chi connectivity index (χ1n) is 9.89. The van der Waals surface area contributed by atoms with Crippen LogP contribution in [0.3, 0.4) is 0 Å². The Bertz CT molecular complexity index is 889. The lowest BCUT2D eigenvalue weighted by molar-refractivity contribution is -0.665. The molecular formula is C22H28ClN3O5. The van der Waals surface area contributed by atoms with Crippen molar-refractivity contribution in [3.63, 3.8) is 0 Å². The third-order valence-corrected chi connectivity index (χ3v) is 4.99. The number of ether oxygens (including phenoxy) is 2. The number of halogens is 1. The van der Waals surface area contributed by atoms with Gasteiger partial charge in [-0.05, 0) is 47.7 Å². The number of hydrazine groups is 1. The molecule has 2 aromatic rings. The van der Waals surface area contributed by atoms with Gasteiger partial charge in [0.15, 0.2) is 22.6 Å². The number of carbonyl (C=O) groups is 1. The fraction of sp³-hybridized carbons (Fsp3) is 0.409. The number of nitrogens with zero attached hydrogens (tertiary/aromatic N) is 2. The highest BCUT2D eigenvalue weighted by Crippen LogP contribution is 2.27. The molecule has 168 valence electrons. The van der Waals surface area contributed by atoms with E-state index in [0.717, 1.165) is 10.6 Å². The molecule has 9 heteroatoms. The summed E-state index contributed by atoms with van der Waals surface area (Å²) in [5.74, 6) is 0.805. The summed E-state index contributed by atoms with van der Waals surface area (Å²) in [4.78, 5) is 24.8. The molecule has 8 nitrogen and oxygen atoms in total. The Balaban J connectivity index is 2.17. The maximum atomic E-state index is 13.0. The van der Waals surface area contributed by atoms with E-state index in [1.807, 2.05) is 13.8 Å². The van der Waals surface area contributed by atoms with Crippen LogP contribution in [0.2, 0.25) is 5.02 Å². The molecule has 1 amide bonds. The maximum absolute atomic E-state index is 13.0. The smallest absolute Gasteiger partial charge is 0.248 e. The van der Waals surface area contributed by atoms with Crippen LogP contribution in [-0.2, 0) is 17.9 Å². The van der Waals surface area contributed by atoms with Crippen LogP contribution in [0, 0.1) is 16.0 Å². The Morgan fingerprint density at radius 2 is 1.71 bits per heavy atom. The van der Waals surface area contributed by atoms with Gasteiger partial charge in [-0.15, -0.1) is 5.01 Å². The number of rotatable bonds is 11. The minimum atomic E-state index is -0.925. The zero-order valence-corrected chi connectivity index (χ0v) is 18.9. The predicted molar refractivity (Wildman–Crippen MR) is 119 cm³/mol. The molecule has 0 fully saturated rings. The van der Waals surface area contributed by atoms with Crippen molar-refractivity contribution >= 4 is 17.5 Å². The van der Waals surface area contributed by atoms with E-state index in [1.165, 1.54) is 7.11 Å². The molecule has 0 aliphatic heterocycles. The second-order valence-corrected chi connectivity index (χ2v) is 7.95. The number of carbonyl (C=O) groups excluding carboxylic acids is 1. The number of methoxy groups -OCH3 is 2. The Morgan fingerprint density at radius 3 is 2.26 bits per heavy atom. The predicted octanol–water partition coefficient (Wildman–Crippen LogP) is 4.08. The first kappa shape index (κ1) is 24.3. The third-order valence-electron chi connectivity index (χ3n) is 4.74. The SMILES string of the molecule is COc1ccc(CNC(=O)C(CC(C)C)N(Cc2ccc(Cl)cc2)[N+](=O)[O-])cc1OC. The lowest BCUT2D eigenvalue weighted by Crippen LogP contribution is -2.49. The second-order valence-electron chi connectivity index (χ2n) is 7.51. The Hall–Kier alpha value is -3.00. The Kier molecular flexibility index (Phi) is 8.93. The largest absolute Gasteiger partial charge is 0.493 e. The Morgan fingerprint density at radius 1 is 1.10 bits per heavy atom. The molecule has 0 heterocycles. The van der Waals surface area contributed by atoms with E-state index < -0.39 is 17.0 Å². The van der Waals surface area contributed by atoms with Crippen molar-refractivity contribution in [1.82, 2.24) is 10.3 Å². The van der Waals surface area contributed by atoms with Gasteiger partial charge in [-0.25, -0.2) is 10.1 Å². The molecule has 0 spiro atoms. The first-order valence-corrected chi connectivity index (χ1v) is 10.3. The lowest BCUT2D eigenvalue weighted by atomic mass is 10.0. The second kappa shape index (κ2) is 11.4. The summed E-state index contributed by atoms with van der Waals surface area (Å²) in [7, 11) is 3.08. The van der Waals surface area contributed by atoms with Crippen molar-refractivity contribution in [2.75, 3.05) is 14.2 Å². The van der Waals surface area contributed by atoms with Crippen molar-refractivity contribution in [2.24, 2.45) is 5.92 Å². The van der Waals surface area contributed by atoms with E-state index in [1.54, 1.807) is 49.6 Å². The van der Waals surface area contributed by atoms with Crippen molar-refractivity contribution in [1.29, 1.82) is 0 Å². The van der Waals surface area contributed by atoms with Gasteiger partial charge in [-0.1, -0.05) is 43.6 Å². The average Bonchev–Trinajstić information content (AvgIpc) is 2.75. The van der Waals surface area contributed by atoms with Crippen LogP contribution in [0.25, 0.3) is 0 Å². The summed E-state index contributed by atoms with van der Waals surface area (Å²) in [6.07, 6.45) is 0.340. The Labute approximate surface area is 187 Å². The molecule has 0 saturated carbocycles. The van der Waals surface area contributed by atoms with Gasteiger partial charge in [-0.3, -0.25) is 4.79 Å². The van der Waals surface area contributed by atoms with Crippen LogP contribution < -0.4 is 14.8 Å². The van der Waals surface area contributed by atoms with Gasteiger partial charge in [0.2, 0.25) is 5.91 Å². The van der Waals surface area contributed by atoms with E-state index in [9.17, 15) is 14.9 Å². The van der Waals surface area contributed by atoms with Crippen LogP contribution in [0.5, 0.6) is 11.5 Å². The standard InChI is InChI=1S/C22H28ClN3O5/c1-15(2)11-19(25(26(28)29)14-16-5-8-18(23)9-6-16)22(27)24-13-17-7-10-20(30-3)21(12-17)31-4/h5-10,12,15,19H,11,13-14H2,1-4H3,(H,24,27). The average molecular weight is 450 g/mol. The number of amides is 1. The van der Waals surface area contributed by atoms with Crippen LogP contribution in [0.1, 0.15) is 31.4 Å². The quantitative estimate of drug-likeness (QED) is 0.410. The van der Waals surface area contributed by atoms with Gasteiger partial charge >= 0.3 is 0 Å². The van der Waals surface area contributed by atoms with E-state index in [4.69, 9.17) is 21.1 Å². The zero-order chi connectivity index (χ0) is 23.0. The van der Waals surface area contributed by atoms with Crippen LogP contribution >= 0.6 is 11.6 Å². The monoisotopic (exact) mass is 449 g/mol. The lowest BCUT2D eigenvalue weighted by Gasteiger charge is -2.25. The van der Waals surface area contributed by atoms with E-state index in [-0.39, 0.29) is 19.0 Å². The first-order chi connectivity index (χ1) is 14.7. The summed E-state index contributed by atoms with van der Waals surface area (Å²) in [6.45, 7) is 4.05. The van der Waals surface area contributed by atoms with E-state index in [2.05, 4.69) is 5.32 Å².